The summed E-state index contributed by atoms with van der Waals surface area (Å²) >= 11 is 0. The minimum absolute atomic E-state index is 0.0607. The van der Waals surface area contributed by atoms with Gasteiger partial charge in [0, 0.05) is 5.92 Å². The molecule has 0 aromatic heterocycles. The van der Waals surface area contributed by atoms with E-state index < -0.39 is 5.97 Å². The lowest BCUT2D eigenvalue weighted by Crippen LogP contribution is -2.18. The summed E-state index contributed by atoms with van der Waals surface area (Å²) in [6, 6.07) is 10.6. The number of carboxylic acids is 1. The number of benzene rings is 2. The Bertz CT molecular complexity index is 659. The normalized spacial score (nSPS) is 10.8. The predicted molar refractivity (Wildman–Crippen MR) is 76.2 cm³/mol. The second-order valence-corrected chi connectivity index (χ2v) is 4.87. The summed E-state index contributed by atoms with van der Waals surface area (Å²) in [6.07, 6.45) is 0. The molecule has 20 heavy (non-hydrogen) atoms. The molecule has 0 bridgehead atoms. The van der Waals surface area contributed by atoms with Gasteiger partial charge in [-0.2, -0.15) is 0 Å². The Kier molecular flexibility index (Phi) is 4.03. The average molecular weight is 272 g/mol. The van der Waals surface area contributed by atoms with Crippen LogP contribution in [0.15, 0.2) is 36.4 Å². The zero-order valence-corrected chi connectivity index (χ0v) is 11.4. The van der Waals surface area contributed by atoms with E-state index in [0.29, 0.717) is 5.39 Å². The van der Waals surface area contributed by atoms with Gasteiger partial charge in [-0.1, -0.05) is 44.2 Å². The fraction of sp³-hybridized carbons (Fsp3) is 0.250. The maximum absolute atomic E-state index is 11.6. The molecular formula is C16H16O4. The third kappa shape index (κ3) is 2.79. The molecule has 4 heteroatoms. The third-order valence-corrected chi connectivity index (χ3v) is 3.12. The number of Topliss-reactive ketones (excluding diaryl/α,β-unsaturated/α-hetero) is 1. The summed E-state index contributed by atoms with van der Waals surface area (Å²) in [7, 11) is 0. The van der Waals surface area contributed by atoms with Crippen LogP contribution in [-0.4, -0.2) is 23.5 Å². The molecule has 0 radical (unpaired) electrons. The van der Waals surface area contributed by atoms with Crippen molar-refractivity contribution in [1.82, 2.24) is 0 Å². The maximum atomic E-state index is 11.6. The summed E-state index contributed by atoms with van der Waals surface area (Å²) in [4.78, 5) is 23.0. The van der Waals surface area contributed by atoms with Crippen LogP contribution in [0.2, 0.25) is 0 Å². The summed E-state index contributed by atoms with van der Waals surface area (Å²) < 4.78 is 5.40. The first kappa shape index (κ1) is 14.1. The molecule has 0 aliphatic heterocycles. The first-order chi connectivity index (χ1) is 9.50. The molecule has 0 amide bonds. The molecule has 0 aliphatic rings. The van der Waals surface area contributed by atoms with Gasteiger partial charge in [-0.05, 0) is 16.8 Å². The Morgan fingerprint density at radius 1 is 1.15 bits per heavy atom. The SMILES string of the molecule is CC(C)C(=O)COc1ccc2ccccc2c1C(=O)O. The van der Waals surface area contributed by atoms with Gasteiger partial charge in [0.15, 0.2) is 5.78 Å². The lowest BCUT2D eigenvalue weighted by atomic mass is 10.0. The monoisotopic (exact) mass is 272 g/mol. The molecule has 0 saturated carbocycles. The van der Waals surface area contributed by atoms with Crippen molar-refractivity contribution < 1.29 is 19.4 Å². The first-order valence-electron chi connectivity index (χ1n) is 6.41. The number of hydrogen-bond acceptors (Lipinski definition) is 3. The number of fused-ring (bicyclic) bond motifs is 1. The smallest absolute Gasteiger partial charge is 0.340 e. The predicted octanol–water partition coefficient (Wildman–Crippen LogP) is 3.14. The van der Waals surface area contributed by atoms with Crippen LogP contribution in [0.25, 0.3) is 10.8 Å². The van der Waals surface area contributed by atoms with Crippen LogP contribution < -0.4 is 4.74 Å². The van der Waals surface area contributed by atoms with E-state index >= 15 is 0 Å². The number of carbonyl (C=O) groups is 2. The van der Waals surface area contributed by atoms with Crippen molar-refractivity contribution in [1.29, 1.82) is 0 Å². The highest BCUT2D eigenvalue weighted by molar-refractivity contribution is 6.06. The zero-order valence-electron chi connectivity index (χ0n) is 11.4. The van der Waals surface area contributed by atoms with E-state index in [1.165, 1.54) is 0 Å². The number of carboxylic acid groups (broad SMARTS) is 1. The summed E-state index contributed by atoms with van der Waals surface area (Å²) in [5.74, 6) is -1.03. The number of ketones is 1. The first-order valence-corrected chi connectivity index (χ1v) is 6.41. The van der Waals surface area contributed by atoms with Crippen molar-refractivity contribution in [3.63, 3.8) is 0 Å². The van der Waals surface area contributed by atoms with Gasteiger partial charge >= 0.3 is 5.97 Å². The highest BCUT2D eigenvalue weighted by Gasteiger charge is 2.17. The Morgan fingerprint density at radius 2 is 1.85 bits per heavy atom. The Hall–Kier alpha value is -2.36. The van der Waals surface area contributed by atoms with E-state index in [9.17, 15) is 14.7 Å². The van der Waals surface area contributed by atoms with Gasteiger partial charge in [-0.3, -0.25) is 4.79 Å². The van der Waals surface area contributed by atoms with Gasteiger partial charge < -0.3 is 9.84 Å². The molecule has 0 aliphatic carbocycles. The van der Waals surface area contributed by atoms with Gasteiger partial charge in [0.25, 0.3) is 0 Å². The van der Waals surface area contributed by atoms with Crippen LogP contribution in [-0.2, 0) is 4.79 Å². The molecule has 2 aromatic carbocycles. The van der Waals surface area contributed by atoms with Crippen molar-refractivity contribution in [2.75, 3.05) is 6.61 Å². The molecule has 1 N–H and O–H groups in total. The number of ether oxygens (including phenoxy) is 1. The van der Waals surface area contributed by atoms with E-state index in [0.717, 1.165) is 5.39 Å². The molecule has 2 aromatic rings. The van der Waals surface area contributed by atoms with Crippen LogP contribution in [0, 0.1) is 5.92 Å². The maximum Gasteiger partial charge on any atom is 0.340 e. The number of hydrogen-bond donors (Lipinski definition) is 1. The fourth-order valence-corrected chi connectivity index (χ4v) is 1.91. The summed E-state index contributed by atoms with van der Waals surface area (Å²) in [5.41, 5.74) is 0.0969. The van der Waals surface area contributed by atoms with E-state index in [1.54, 1.807) is 38.1 Å². The minimum Gasteiger partial charge on any atom is -0.485 e. The number of aromatic carboxylic acids is 1. The van der Waals surface area contributed by atoms with Gasteiger partial charge in [0.1, 0.15) is 17.9 Å². The standard InChI is InChI=1S/C16H16O4/c1-10(2)13(17)9-20-14-8-7-11-5-3-4-6-12(11)15(14)16(18)19/h3-8,10H,9H2,1-2H3,(H,18,19). The molecule has 0 spiro atoms. The van der Waals surface area contributed by atoms with Crippen molar-refractivity contribution in [2.24, 2.45) is 5.92 Å². The second kappa shape index (κ2) is 5.74. The largest absolute Gasteiger partial charge is 0.485 e. The van der Waals surface area contributed by atoms with Crippen LogP contribution in [0.3, 0.4) is 0 Å². The third-order valence-electron chi connectivity index (χ3n) is 3.12. The Morgan fingerprint density at radius 3 is 2.50 bits per heavy atom. The number of rotatable bonds is 5. The average Bonchev–Trinajstić information content (AvgIpc) is 2.43. The van der Waals surface area contributed by atoms with Crippen LogP contribution in [0.1, 0.15) is 24.2 Å². The molecule has 0 unspecified atom stereocenters. The Labute approximate surface area is 117 Å². The summed E-state index contributed by atoms with van der Waals surface area (Å²) in [5, 5.41) is 10.8. The molecule has 104 valence electrons. The van der Waals surface area contributed by atoms with Crippen molar-refractivity contribution in [3.05, 3.63) is 42.0 Å². The van der Waals surface area contributed by atoms with E-state index in [2.05, 4.69) is 0 Å². The van der Waals surface area contributed by atoms with Gasteiger partial charge in [0.05, 0.1) is 0 Å². The molecule has 0 fully saturated rings. The lowest BCUT2D eigenvalue weighted by Gasteiger charge is -2.12. The van der Waals surface area contributed by atoms with Crippen LogP contribution in [0.4, 0.5) is 0 Å². The van der Waals surface area contributed by atoms with E-state index in [-0.39, 0.29) is 29.6 Å². The van der Waals surface area contributed by atoms with Gasteiger partial charge in [-0.25, -0.2) is 4.79 Å². The number of carbonyl (C=O) groups excluding carboxylic acids is 1. The fourth-order valence-electron chi connectivity index (χ4n) is 1.91. The molecule has 0 heterocycles. The molecule has 0 atom stereocenters. The van der Waals surface area contributed by atoms with Gasteiger partial charge in [0.2, 0.25) is 0 Å². The second-order valence-electron chi connectivity index (χ2n) is 4.87. The highest BCUT2D eigenvalue weighted by atomic mass is 16.5. The zero-order chi connectivity index (χ0) is 14.7. The quantitative estimate of drug-likeness (QED) is 0.908. The topological polar surface area (TPSA) is 63.6 Å². The van der Waals surface area contributed by atoms with Crippen molar-refractivity contribution >= 4 is 22.5 Å². The molecule has 2 rings (SSSR count). The van der Waals surface area contributed by atoms with E-state index in [4.69, 9.17) is 4.74 Å². The molecular weight excluding hydrogens is 256 g/mol. The van der Waals surface area contributed by atoms with E-state index in [1.807, 2.05) is 12.1 Å². The minimum atomic E-state index is -1.06. The van der Waals surface area contributed by atoms with Gasteiger partial charge in [-0.15, -0.1) is 0 Å². The van der Waals surface area contributed by atoms with Crippen LogP contribution in [0.5, 0.6) is 5.75 Å². The van der Waals surface area contributed by atoms with Crippen molar-refractivity contribution in [3.8, 4) is 5.75 Å². The molecule has 0 saturated heterocycles. The highest BCUT2D eigenvalue weighted by Crippen LogP contribution is 2.28. The molecule has 4 nitrogen and oxygen atoms in total. The lowest BCUT2D eigenvalue weighted by molar-refractivity contribution is -0.123. The summed E-state index contributed by atoms with van der Waals surface area (Å²) in [6.45, 7) is 3.45. The van der Waals surface area contributed by atoms with Crippen LogP contribution >= 0.6 is 0 Å². The van der Waals surface area contributed by atoms with Crippen molar-refractivity contribution in [2.45, 2.75) is 13.8 Å². The Balaban J connectivity index is 2.40.